The summed E-state index contributed by atoms with van der Waals surface area (Å²) in [7, 11) is 0. The number of rotatable bonds is 20. The minimum absolute atomic E-state index is 0.0913. The average Bonchev–Trinajstić information content (AvgIpc) is 3.01. The molecule has 226 valence electrons. The lowest BCUT2D eigenvalue weighted by Crippen LogP contribution is -2.37. The average molecular weight is 572 g/mol. The first-order valence-corrected chi connectivity index (χ1v) is 15.9. The van der Waals surface area contributed by atoms with Crippen LogP contribution in [0.25, 0.3) is 0 Å². The second kappa shape index (κ2) is 20.1. The number of ether oxygens (including phenoxy) is 1. The zero-order chi connectivity index (χ0) is 29.7. The van der Waals surface area contributed by atoms with Gasteiger partial charge in [0.05, 0.1) is 0 Å². The van der Waals surface area contributed by atoms with Crippen LogP contribution in [0.5, 0.6) is 11.5 Å². The predicted octanol–water partition coefficient (Wildman–Crippen LogP) is 9.72. The van der Waals surface area contributed by atoms with Gasteiger partial charge in [-0.15, -0.1) is 0 Å². The van der Waals surface area contributed by atoms with Crippen molar-refractivity contribution in [3.05, 3.63) is 84.9 Å². The lowest BCUT2D eigenvalue weighted by molar-refractivity contribution is -0.121. The molecule has 0 radical (unpaired) electrons. The van der Waals surface area contributed by atoms with E-state index in [1.807, 2.05) is 84.9 Å². The summed E-state index contributed by atoms with van der Waals surface area (Å²) in [6, 6.07) is 26.3. The zero-order valence-corrected chi connectivity index (χ0v) is 25.4. The normalized spacial score (nSPS) is 10.7. The number of nitrogens with zero attached hydrogens (tertiary/aromatic N) is 1. The van der Waals surface area contributed by atoms with Crippen LogP contribution in [0.1, 0.15) is 90.4 Å². The van der Waals surface area contributed by atoms with Gasteiger partial charge in [0.15, 0.2) is 0 Å². The molecule has 0 bridgehead atoms. The fourth-order valence-corrected chi connectivity index (χ4v) is 4.88. The number of anilines is 2. The van der Waals surface area contributed by atoms with Crippen molar-refractivity contribution in [2.45, 2.75) is 90.4 Å². The quantitative estimate of drug-likeness (QED) is 0.133. The van der Waals surface area contributed by atoms with E-state index in [9.17, 15) is 9.59 Å². The van der Waals surface area contributed by atoms with Gasteiger partial charge in [0.25, 0.3) is 0 Å². The number of nitrogens with one attached hydrogen (secondary N) is 2. The van der Waals surface area contributed by atoms with Crippen LogP contribution in [-0.4, -0.2) is 25.0 Å². The monoisotopic (exact) mass is 571 g/mol. The molecule has 0 atom stereocenters. The summed E-state index contributed by atoms with van der Waals surface area (Å²) in [5.41, 5.74) is 1.49. The first kappa shape index (κ1) is 32.7. The number of hydrogen-bond acceptors (Lipinski definition) is 3. The highest BCUT2D eigenvalue weighted by molar-refractivity contribution is 6.01. The molecular weight excluding hydrogens is 522 g/mol. The molecule has 0 aliphatic carbocycles. The molecule has 0 saturated carbocycles. The second-order valence-electron chi connectivity index (χ2n) is 10.8. The van der Waals surface area contributed by atoms with Gasteiger partial charge in [0.1, 0.15) is 11.5 Å². The Labute approximate surface area is 252 Å². The minimum Gasteiger partial charge on any atom is -0.457 e. The van der Waals surface area contributed by atoms with E-state index in [1.54, 1.807) is 4.90 Å². The van der Waals surface area contributed by atoms with Gasteiger partial charge in [-0.25, -0.2) is 4.79 Å². The van der Waals surface area contributed by atoms with Crippen molar-refractivity contribution < 1.29 is 14.3 Å². The van der Waals surface area contributed by atoms with Crippen LogP contribution in [0, 0.1) is 0 Å². The maximum atomic E-state index is 13.2. The summed E-state index contributed by atoms with van der Waals surface area (Å²) in [5, 5.41) is 6.01. The molecule has 42 heavy (non-hydrogen) atoms. The van der Waals surface area contributed by atoms with E-state index in [-0.39, 0.29) is 11.9 Å². The third-order valence-corrected chi connectivity index (χ3v) is 7.29. The van der Waals surface area contributed by atoms with E-state index in [1.165, 1.54) is 57.8 Å². The van der Waals surface area contributed by atoms with Crippen molar-refractivity contribution in [1.82, 2.24) is 5.32 Å². The largest absolute Gasteiger partial charge is 0.457 e. The molecule has 0 aromatic heterocycles. The SMILES string of the molecule is CCCCCCCCCCCCCC(=O)NCCCN(C(=O)Nc1ccccc1)c1ccc(Oc2ccccc2)cc1. The molecule has 6 nitrogen and oxygen atoms in total. The van der Waals surface area contributed by atoms with Crippen LogP contribution in [-0.2, 0) is 4.79 Å². The van der Waals surface area contributed by atoms with E-state index in [2.05, 4.69) is 17.6 Å². The van der Waals surface area contributed by atoms with Crippen molar-refractivity contribution in [3.8, 4) is 11.5 Å². The Morgan fingerprint density at radius 2 is 1.19 bits per heavy atom. The number of urea groups is 1. The third-order valence-electron chi connectivity index (χ3n) is 7.29. The molecule has 3 amide bonds. The summed E-state index contributed by atoms with van der Waals surface area (Å²) in [6.45, 7) is 3.25. The Morgan fingerprint density at radius 3 is 1.81 bits per heavy atom. The lowest BCUT2D eigenvalue weighted by Gasteiger charge is -2.24. The van der Waals surface area contributed by atoms with Gasteiger partial charge >= 0.3 is 6.03 Å². The number of para-hydroxylation sites is 2. The molecule has 0 heterocycles. The molecular formula is C36H49N3O3. The summed E-state index contributed by atoms with van der Waals surface area (Å²) in [4.78, 5) is 27.3. The van der Waals surface area contributed by atoms with Crippen molar-refractivity contribution in [3.63, 3.8) is 0 Å². The first-order chi connectivity index (χ1) is 20.7. The lowest BCUT2D eigenvalue weighted by atomic mass is 10.1. The van der Waals surface area contributed by atoms with Gasteiger partial charge in [-0.3, -0.25) is 9.69 Å². The Kier molecular flexibility index (Phi) is 15.7. The van der Waals surface area contributed by atoms with Gasteiger partial charge in [-0.1, -0.05) is 108 Å². The van der Waals surface area contributed by atoms with Gasteiger partial charge in [0.2, 0.25) is 5.91 Å². The van der Waals surface area contributed by atoms with Crippen molar-refractivity contribution in [2.24, 2.45) is 0 Å². The number of unbranched alkanes of at least 4 members (excludes halogenated alkanes) is 10. The van der Waals surface area contributed by atoms with Crippen LogP contribution in [0.3, 0.4) is 0 Å². The molecule has 6 heteroatoms. The van der Waals surface area contributed by atoms with E-state index >= 15 is 0 Å². The molecule has 0 spiro atoms. The maximum Gasteiger partial charge on any atom is 0.326 e. The Balaban J connectivity index is 1.39. The molecule has 3 aromatic carbocycles. The number of benzene rings is 3. The fraction of sp³-hybridized carbons (Fsp3) is 0.444. The van der Waals surface area contributed by atoms with Gasteiger partial charge < -0.3 is 15.4 Å². The fourth-order valence-electron chi connectivity index (χ4n) is 4.88. The number of hydrogen-bond donors (Lipinski definition) is 2. The molecule has 0 unspecified atom stereocenters. The summed E-state index contributed by atoms with van der Waals surface area (Å²) >= 11 is 0. The number of amides is 3. The van der Waals surface area contributed by atoms with Gasteiger partial charge in [-0.05, 0) is 61.4 Å². The maximum absolute atomic E-state index is 13.2. The first-order valence-electron chi connectivity index (χ1n) is 15.9. The highest BCUT2D eigenvalue weighted by atomic mass is 16.5. The van der Waals surface area contributed by atoms with E-state index in [4.69, 9.17) is 4.74 Å². The topological polar surface area (TPSA) is 70.7 Å². The molecule has 3 aromatic rings. The smallest absolute Gasteiger partial charge is 0.326 e. The minimum atomic E-state index is -0.217. The Morgan fingerprint density at radius 1 is 0.643 bits per heavy atom. The van der Waals surface area contributed by atoms with Crippen LogP contribution in [0.15, 0.2) is 84.9 Å². The van der Waals surface area contributed by atoms with Crippen molar-refractivity contribution in [1.29, 1.82) is 0 Å². The van der Waals surface area contributed by atoms with Crippen LogP contribution in [0.2, 0.25) is 0 Å². The highest BCUT2D eigenvalue weighted by Gasteiger charge is 2.16. The summed E-state index contributed by atoms with van der Waals surface area (Å²) < 4.78 is 5.91. The predicted molar refractivity (Wildman–Crippen MR) is 174 cm³/mol. The van der Waals surface area contributed by atoms with E-state index < -0.39 is 0 Å². The Hall–Kier alpha value is -3.80. The van der Waals surface area contributed by atoms with Crippen LogP contribution >= 0.6 is 0 Å². The molecule has 0 aliphatic rings. The van der Waals surface area contributed by atoms with E-state index in [0.717, 1.165) is 30.0 Å². The standard InChI is InChI=1S/C36H49N3O3/c1-2-3-4-5-6-7-8-9-10-11-18-24-35(40)37-29-19-30-39(36(41)38-31-20-14-12-15-21-31)32-25-27-34(28-26-32)42-33-22-16-13-17-23-33/h12-17,20-23,25-28H,2-11,18-19,24,29-30H2,1H3,(H,37,40)(H,38,41). The van der Waals surface area contributed by atoms with E-state index in [0.29, 0.717) is 31.7 Å². The number of carbonyl (C=O) groups excluding carboxylic acids is 2. The number of carbonyl (C=O) groups is 2. The second-order valence-corrected chi connectivity index (χ2v) is 10.8. The summed E-state index contributed by atoms with van der Waals surface area (Å²) in [5.74, 6) is 1.55. The molecule has 0 fully saturated rings. The molecule has 0 saturated heterocycles. The molecule has 0 aliphatic heterocycles. The van der Waals surface area contributed by atoms with Crippen molar-refractivity contribution in [2.75, 3.05) is 23.3 Å². The molecule has 3 rings (SSSR count). The van der Waals surface area contributed by atoms with Crippen molar-refractivity contribution >= 4 is 23.3 Å². The van der Waals surface area contributed by atoms with Crippen LogP contribution < -0.4 is 20.3 Å². The highest BCUT2D eigenvalue weighted by Crippen LogP contribution is 2.25. The Bertz CT molecular complexity index is 1140. The zero-order valence-electron chi connectivity index (χ0n) is 25.4. The van der Waals surface area contributed by atoms with Gasteiger partial charge in [0, 0.05) is 30.9 Å². The third kappa shape index (κ3) is 13.2. The van der Waals surface area contributed by atoms with Gasteiger partial charge in [-0.2, -0.15) is 0 Å². The van der Waals surface area contributed by atoms with Crippen LogP contribution in [0.4, 0.5) is 16.2 Å². The molecule has 2 N–H and O–H groups in total. The summed E-state index contributed by atoms with van der Waals surface area (Å²) in [6.07, 6.45) is 15.2.